The normalized spacial score (nSPS) is 10.1. The van der Waals surface area contributed by atoms with Crippen molar-refractivity contribution in [3.63, 3.8) is 0 Å². The highest BCUT2D eigenvalue weighted by Crippen LogP contribution is 2.05. The molecule has 0 saturated carbocycles. The molecule has 0 atom stereocenters. The lowest BCUT2D eigenvalue weighted by Crippen LogP contribution is -2.18. The van der Waals surface area contributed by atoms with E-state index in [1.807, 2.05) is 6.07 Å². The Balaban J connectivity index is 2.34. The van der Waals surface area contributed by atoms with E-state index in [9.17, 15) is 9.59 Å². The van der Waals surface area contributed by atoms with Crippen LogP contribution >= 0.6 is 0 Å². The summed E-state index contributed by atoms with van der Waals surface area (Å²) in [5.74, 6) is -1.24. The molecule has 17 heavy (non-hydrogen) atoms. The third-order valence-electron chi connectivity index (χ3n) is 2.28. The van der Waals surface area contributed by atoms with Crippen LogP contribution in [-0.2, 0) is 11.3 Å². The van der Waals surface area contributed by atoms with Crippen molar-refractivity contribution in [3.8, 4) is 0 Å². The molecule has 92 valence electrons. The van der Waals surface area contributed by atoms with E-state index in [0.717, 1.165) is 5.56 Å². The standard InChI is InChI=1S/C12H16N2O3/c13-11(15)5-2-6-14-8-9-3-1-4-10(7-9)12(16)17/h1,3-4,7,14H,2,5-6,8H2,(H2,13,15)(H,16,17). The van der Waals surface area contributed by atoms with Gasteiger partial charge in [0.15, 0.2) is 0 Å². The Morgan fingerprint density at radius 1 is 1.35 bits per heavy atom. The molecule has 5 heteroatoms. The van der Waals surface area contributed by atoms with Crippen LogP contribution in [0.2, 0.25) is 0 Å². The first-order valence-corrected chi connectivity index (χ1v) is 5.41. The summed E-state index contributed by atoms with van der Waals surface area (Å²) in [4.78, 5) is 21.2. The maximum atomic E-state index is 10.7. The Kier molecular flexibility index (Phi) is 5.16. The molecule has 0 heterocycles. The molecule has 1 aromatic carbocycles. The summed E-state index contributed by atoms with van der Waals surface area (Å²) < 4.78 is 0. The van der Waals surface area contributed by atoms with E-state index >= 15 is 0 Å². The predicted molar refractivity (Wildman–Crippen MR) is 63.5 cm³/mol. The summed E-state index contributed by atoms with van der Waals surface area (Å²) in [6.07, 6.45) is 1.05. The Bertz CT molecular complexity index is 404. The molecule has 4 N–H and O–H groups in total. The van der Waals surface area contributed by atoms with Gasteiger partial charge in [0.2, 0.25) is 5.91 Å². The van der Waals surface area contributed by atoms with Gasteiger partial charge >= 0.3 is 5.97 Å². The van der Waals surface area contributed by atoms with Crippen LogP contribution in [0.4, 0.5) is 0 Å². The summed E-state index contributed by atoms with van der Waals surface area (Å²) in [7, 11) is 0. The maximum absolute atomic E-state index is 10.7. The third-order valence-corrected chi connectivity index (χ3v) is 2.28. The number of carbonyl (C=O) groups is 2. The molecule has 5 nitrogen and oxygen atoms in total. The number of rotatable bonds is 7. The van der Waals surface area contributed by atoms with Crippen LogP contribution in [-0.4, -0.2) is 23.5 Å². The zero-order valence-corrected chi connectivity index (χ0v) is 9.48. The van der Waals surface area contributed by atoms with E-state index in [1.54, 1.807) is 18.2 Å². The number of nitrogens with two attached hydrogens (primary N) is 1. The van der Waals surface area contributed by atoms with Crippen LogP contribution in [0.5, 0.6) is 0 Å². The summed E-state index contributed by atoms with van der Waals surface area (Å²) >= 11 is 0. The highest BCUT2D eigenvalue weighted by molar-refractivity contribution is 5.87. The van der Waals surface area contributed by atoms with E-state index in [-0.39, 0.29) is 11.5 Å². The second-order valence-corrected chi connectivity index (χ2v) is 3.75. The quantitative estimate of drug-likeness (QED) is 0.609. The molecule has 0 saturated heterocycles. The largest absolute Gasteiger partial charge is 0.478 e. The van der Waals surface area contributed by atoms with E-state index < -0.39 is 5.97 Å². The molecular formula is C12H16N2O3. The number of amides is 1. The minimum Gasteiger partial charge on any atom is -0.478 e. The van der Waals surface area contributed by atoms with Crippen molar-refractivity contribution in [2.24, 2.45) is 5.73 Å². The molecule has 0 aromatic heterocycles. The maximum Gasteiger partial charge on any atom is 0.335 e. The Hall–Kier alpha value is -1.88. The SMILES string of the molecule is NC(=O)CCCNCc1cccc(C(=O)O)c1. The average Bonchev–Trinajstić information content (AvgIpc) is 2.28. The molecule has 1 amide bonds. The number of carbonyl (C=O) groups excluding carboxylic acids is 1. The number of aromatic carboxylic acids is 1. The predicted octanol–water partition coefficient (Wildman–Crippen LogP) is 0.740. The van der Waals surface area contributed by atoms with Gasteiger partial charge in [0.05, 0.1) is 5.56 Å². The van der Waals surface area contributed by atoms with Crippen LogP contribution in [0.25, 0.3) is 0 Å². The molecule has 0 radical (unpaired) electrons. The molecule has 0 aliphatic heterocycles. The number of nitrogens with one attached hydrogen (secondary N) is 1. The van der Waals surface area contributed by atoms with Gasteiger partial charge in [0, 0.05) is 13.0 Å². The second-order valence-electron chi connectivity index (χ2n) is 3.75. The molecule has 0 aliphatic carbocycles. The van der Waals surface area contributed by atoms with Gasteiger partial charge in [0.1, 0.15) is 0 Å². The summed E-state index contributed by atoms with van der Waals surface area (Å²) in [6, 6.07) is 6.75. The van der Waals surface area contributed by atoms with Crippen molar-refractivity contribution in [2.75, 3.05) is 6.54 Å². The van der Waals surface area contributed by atoms with Crippen LogP contribution < -0.4 is 11.1 Å². The number of carboxylic acids is 1. The van der Waals surface area contributed by atoms with Crippen molar-refractivity contribution in [3.05, 3.63) is 35.4 Å². The van der Waals surface area contributed by atoms with E-state index in [1.165, 1.54) is 0 Å². The van der Waals surface area contributed by atoms with Crippen molar-refractivity contribution in [1.82, 2.24) is 5.32 Å². The summed E-state index contributed by atoms with van der Waals surface area (Å²) in [5, 5.41) is 11.9. The van der Waals surface area contributed by atoms with Crippen LogP contribution in [0.15, 0.2) is 24.3 Å². The number of primary amides is 1. The van der Waals surface area contributed by atoms with Gasteiger partial charge in [-0.1, -0.05) is 12.1 Å². The lowest BCUT2D eigenvalue weighted by atomic mass is 10.1. The van der Waals surface area contributed by atoms with Gasteiger partial charge < -0.3 is 16.2 Å². The van der Waals surface area contributed by atoms with Crippen LogP contribution in [0.1, 0.15) is 28.8 Å². The zero-order chi connectivity index (χ0) is 12.7. The van der Waals surface area contributed by atoms with E-state index in [4.69, 9.17) is 10.8 Å². The molecule has 1 rings (SSSR count). The highest BCUT2D eigenvalue weighted by Gasteiger charge is 2.02. The number of benzene rings is 1. The summed E-state index contributed by atoms with van der Waals surface area (Å²) in [5.41, 5.74) is 6.19. The van der Waals surface area contributed by atoms with Crippen molar-refractivity contribution in [1.29, 1.82) is 0 Å². The van der Waals surface area contributed by atoms with Crippen molar-refractivity contribution < 1.29 is 14.7 Å². The number of hydrogen-bond acceptors (Lipinski definition) is 3. The molecule has 0 aliphatic rings. The number of carboxylic acid groups (broad SMARTS) is 1. The van der Waals surface area contributed by atoms with Crippen LogP contribution in [0.3, 0.4) is 0 Å². The molecule has 0 unspecified atom stereocenters. The lowest BCUT2D eigenvalue weighted by molar-refractivity contribution is -0.118. The summed E-state index contributed by atoms with van der Waals surface area (Å²) in [6.45, 7) is 1.26. The first-order chi connectivity index (χ1) is 8.09. The fourth-order valence-electron chi connectivity index (χ4n) is 1.43. The van der Waals surface area contributed by atoms with E-state index in [2.05, 4.69) is 5.32 Å². The highest BCUT2D eigenvalue weighted by atomic mass is 16.4. The fourth-order valence-corrected chi connectivity index (χ4v) is 1.43. The monoisotopic (exact) mass is 236 g/mol. The van der Waals surface area contributed by atoms with Crippen LogP contribution in [0, 0.1) is 0 Å². The lowest BCUT2D eigenvalue weighted by Gasteiger charge is -2.04. The minimum atomic E-state index is -0.930. The van der Waals surface area contributed by atoms with Gasteiger partial charge in [-0.3, -0.25) is 4.79 Å². The minimum absolute atomic E-state index is 0.279. The second kappa shape index (κ2) is 6.65. The molecule has 0 bridgehead atoms. The smallest absolute Gasteiger partial charge is 0.335 e. The van der Waals surface area contributed by atoms with Crippen molar-refractivity contribution in [2.45, 2.75) is 19.4 Å². The van der Waals surface area contributed by atoms with Gasteiger partial charge in [-0.2, -0.15) is 0 Å². The Labute approximate surface area is 99.6 Å². The van der Waals surface area contributed by atoms with Crippen molar-refractivity contribution >= 4 is 11.9 Å². The van der Waals surface area contributed by atoms with Gasteiger partial charge in [-0.25, -0.2) is 4.79 Å². The topological polar surface area (TPSA) is 92.4 Å². The van der Waals surface area contributed by atoms with Gasteiger partial charge in [0.25, 0.3) is 0 Å². The van der Waals surface area contributed by atoms with Gasteiger partial charge in [-0.15, -0.1) is 0 Å². The first kappa shape index (κ1) is 13.2. The average molecular weight is 236 g/mol. The third kappa shape index (κ3) is 5.12. The van der Waals surface area contributed by atoms with Gasteiger partial charge in [-0.05, 0) is 30.7 Å². The first-order valence-electron chi connectivity index (χ1n) is 5.41. The Morgan fingerprint density at radius 2 is 2.12 bits per heavy atom. The molecule has 1 aromatic rings. The molecular weight excluding hydrogens is 220 g/mol. The fraction of sp³-hybridized carbons (Fsp3) is 0.333. The Morgan fingerprint density at radius 3 is 2.76 bits per heavy atom. The molecule has 0 fully saturated rings. The zero-order valence-electron chi connectivity index (χ0n) is 9.48. The number of hydrogen-bond donors (Lipinski definition) is 3. The molecule has 0 spiro atoms. The van der Waals surface area contributed by atoms with E-state index in [0.29, 0.717) is 25.9 Å².